The van der Waals surface area contributed by atoms with E-state index >= 15 is 0 Å². The summed E-state index contributed by atoms with van der Waals surface area (Å²) in [6.45, 7) is 4.24. The number of thiol groups is 1. The molecule has 0 bridgehead atoms. The Labute approximate surface area is 201 Å². The van der Waals surface area contributed by atoms with E-state index in [1.54, 1.807) is 26.0 Å². The Morgan fingerprint density at radius 2 is 1.81 bits per heavy atom. The van der Waals surface area contributed by atoms with Gasteiger partial charge in [-0.3, -0.25) is 9.59 Å². The summed E-state index contributed by atoms with van der Waals surface area (Å²) in [5, 5.41) is 9.33. The van der Waals surface area contributed by atoms with Crippen molar-refractivity contribution < 1.29 is 19.1 Å². The molecule has 3 aromatic rings. The maximum Gasteiger partial charge on any atom is 0.320 e. The smallest absolute Gasteiger partial charge is 0.320 e. The number of hydrogen-bond acceptors (Lipinski definition) is 9. The van der Waals surface area contributed by atoms with E-state index in [0.717, 1.165) is 25.8 Å². The molecule has 0 aliphatic heterocycles. The fourth-order valence-electron chi connectivity index (χ4n) is 2.12. The molecule has 3 rings (SSSR count). The van der Waals surface area contributed by atoms with Crippen LogP contribution in [0.25, 0.3) is 10.2 Å². The van der Waals surface area contributed by atoms with Crippen molar-refractivity contribution in [3.8, 4) is 6.07 Å². The van der Waals surface area contributed by atoms with Gasteiger partial charge in [-0.25, -0.2) is 4.98 Å². The Bertz CT molecular complexity index is 1050. The van der Waals surface area contributed by atoms with Crippen molar-refractivity contribution in [2.45, 2.75) is 31.6 Å². The van der Waals surface area contributed by atoms with Crippen LogP contribution in [0.1, 0.15) is 25.3 Å². The van der Waals surface area contributed by atoms with Crippen molar-refractivity contribution in [3.63, 3.8) is 0 Å². The lowest BCUT2D eigenvalue weighted by molar-refractivity contribution is -0.143. The predicted octanol–water partition coefficient (Wildman–Crippen LogP) is 5.08. The number of nitriles is 1. The van der Waals surface area contributed by atoms with Gasteiger partial charge in [0, 0.05) is 15.6 Å². The molecular formula is C22H24ClN3O4S2. The third kappa shape index (κ3) is 10.5. The van der Waals surface area contributed by atoms with Crippen LogP contribution in [-0.4, -0.2) is 30.1 Å². The molecule has 0 radical (unpaired) electrons. The second-order valence-electron chi connectivity index (χ2n) is 5.90. The molecule has 0 unspecified atom stereocenters. The van der Waals surface area contributed by atoms with E-state index in [0.29, 0.717) is 18.2 Å². The number of rotatable bonds is 5. The van der Waals surface area contributed by atoms with Crippen molar-refractivity contribution in [1.82, 2.24) is 4.98 Å². The molecule has 0 saturated carbocycles. The monoisotopic (exact) mass is 493 g/mol. The maximum atomic E-state index is 11.3. The number of benzene rings is 2. The van der Waals surface area contributed by atoms with Gasteiger partial charge < -0.3 is 15.2 Å². The molecule has 10 heteroatoms. The van der Waals surface area contributed by atoms with E-state index in [-0.39, 0.29) is 18.8 Å². The van der Waals surface area contributed by atoms with Gasteiger partial charge in [-0.05, 0) is 44.2 Å². The third-order valence-corrected chi connectivity index (χ3v) is 5.14. The fraction of sp³-hybridized carbons (Fsp3) is 0.273. The fourth-order valence-corrected chi connectivity index (χ4v) is 3.38. The Kier molecular flexibility index (Phi) is 12.8. The molecule has 0 atom stereocenters. The molecule has 7 nitrogen and oxygen atoms in total. The first-order valence-corrected chi connectivity index (χ1v) is 11.2. The van der Waals surface area contributed by atoms with Crippen LogP contribution >= 0.6 is 35.6 Å². The summed E-state index contributed by atoms with van der Waals surface area (Å²) >= 11 is 11.4. The Balaban J connectivity index is 0.000000270. The molecule has 2 N–H and O–H groups in total. The molecule has 32 heavy (non-hydrogen) atoms. The molecular weight excluding hydrogens is 470 g/mol. The zero-order valence-electron chi connectivity index (χ0n) is 17.7. The third-order valence-electron chi connectivity index (χ3n) is 3.46. The van der Waals surface area contributed by atoms with Gasteiger partial charge in [0.25, 0.3) is 0 Å². The number of halogens is 1. The van der Waals surface area contributed by atoms with Crippen LogP contribution < -0.4 is 5.73 Å². The molecule has 0 fully saturated rings. The summed E-state index contributed by atoms with van der Waals surface area (Å²) in [6.07, 6.45) is 0.0820. The summed E-state index contributed by atoms with van der Waals surface area (Å²) < 4.78 is 10.3. The van der Waals surface area contributed by atoms with E-state index in [4.69, 9.17) is 27.3 Å². The number of para-hydroxylation sites is 1. The molecule has 1 heterocycles. The number of fused-ring (bicyclic) bond motifs is 1. The minimum absolute atomic E-state index is 0.145. The molecule has 170 valence electrons. The summed E-state index contributed by atoms with van der Waals surface area (Å²) in [5.74, 6) is -0.692. The second-order valence-corrected chi connectivity index (χ2v) is 7.93. The van der Waals surface area contributed by atoms with Gasteiger partial charge in [0.2, 0.25) is 0 Å². The highest BCUT2D eigenvalue weighted by Gasteiger charge is 2.09. The van der Waals surface area contributed by atoms with Crippen LogP contribution in [0.5, 0.6) is 0 Å². The van der Waals surface area contributed by atoms with E-state index in [1.165, 1.54) is 11.3 Å². The molecule has 0 aliphatic carbocycles. The molecule has 0 aliphatic rings. The van der Waals surface area contributed by atoms with Gasteiger partial charge in [0.1, 0.15) is 11.4 Å². The molecule has 0 spiro atoms. The van der Waals surface area contributed by atoms with Crippen LogP contribution in [0.3, 0.4) is 0 Å². The van der Waals surface area contributed by atoms with Crippen LogP contribution in [0.2, 0.25) is 5.02 Å². The number of esters is 2. The minimum atomic E-state index is -0.449. The number of carbonyl (C=O) groups is 2. The topological polar surface area (TPSA) is 115 Å². The largest absolute Gasteiger partial charge is 0.466 e. The summed E-state index contributed by atoms with van der Waals surface area (Å²) in [5.41, 5.74) is 7.01. The number of carbonyl (C=O) groups excluding carboxylic acids is 2. The van der Waals surface area contributed by atoms with Gasteiger partial charge in [-0.2, -0.15) is 5.26 Å². The van der Waals surface area contributed by atoms with E-state index in [2.05, 4.69) is 22.3 Å². The van der Waals surface area contributed by atoms with Crippen molar-refractivity contribution in [3.05, 3.63) is 52.5 Å². The summed E-state index contributed by atoms with van der Waals surface area (Å²) in [4.78, 5) is 26.6. The van der Waals surface area contributed by atoms with Crippen LogP contribution in [0, 0.1) is 11.3 Å². The lowest BCUT2D eigenvalue weighted by atomic mass is 10.3. The summed E-state index contributed by atoms with van der Waals surface area (Å²) in [7, 11) is 0. The summed E-state index contributed by atoms with van der Waals surface area (Å²) in [6, 6.07) is 14.7. The molecule has 1 aromatic heterocycles. The molecule has 2 aromatic carbocycles. The van der Waals surface area contributed by atoms with Gasteiger partial charge >= 0.3 is 11.9 Å². The number of hydrogen-bond donors (Lipinski definition) is 2. The standard InChI is InChI=1S/C11H10ClNO2S.C6H7NS.C5H7NO2/c1-2-15-11(14)6-10-13-8-5-7(12)3-4-9(8)16-10;7-5-3-1-2-4-6(5)8;1-2-8-5(7)3-4-6/h3-5H,2,6H2,1H3;1-4,8H,7H2;2-3H2,1H3. The van der Waals surface area contributed by atoms with Crippen molar-refractivity contribution in [1.29, 1.82) is 5.26 Å². The van der Waals surface area contributed by atoms with Crippen molar-refractivity contribution in [2.24, 2.45) is 0 Å². The lowest BCUT2D eigenvalue weighted by Crippen LogP contribution is -2.06. The maximum absolute atomic E-state index is 11.3. The Morgan fingerprint density at radius 1 is 1.16 bits per heavy atom. The number of nitrogen functional groups attached to an aromatic ring is 1. The van der Waals surface area contributed by atoms with Gasteiger partial charge in [-0.15, -0.1) is 24.0 Å². The number of ether oxygens (including phenoxy) is 2. The molecule has 0 saturated heterocycles. The lowest BCUT2D eigenvalue weighted by Gasteiger charge is -1.97. The zero-order valence-corrected chi connectivity index (χ0v) is 20.2. The quantitative estimate of drug-likeness (QED) is 0.289. The number of anilines is 1. The predicted molar refractivity (Wildman–Crippen MR) is 130 cm³/mol. The first kappa shape index (κ1) is 27.2. The van der Waals surface area contributed by atoms with Crippen molar-refractivity contribution in [2.75, 3.05) is 18.9 Å². The second kappa shape index (κ2) is 15.1. The SMILES string of the molecule is CCOC(=O)CC#N.CCOC(=O)Cc1nc2cc(Cl)ccc2s1.Nc1ccccc1S. The normalized spacial score (nSPS) is 9.47. The highest BCUT2D eigenvalue weighted by Crippen LogP contribution is 2.25. The van der Waals surface area contributed by atoms with Gasteiger partial charge in [0.15, 0.2) is 0 Å². The Morgan fingerprint density at radius 3 is 2.38 bits per heavy atom. The van der Waals surface area contributed by atoms with Crippen molar-refractivity contribution >= 4 is 63.4 Å². The Hall–Kier alpha value is -2.80. The van der Waals surface area contributed by atoms with Crippen LogP contribution in [0.4, 0.5) is 5.69 Å². The molecule has 0 amide bonds. The highest BCUT2D eigenvalue weighted by atomic mass is 35.5. The first-order chi connectivity index (χ1) is 15.3. The van der Waals surface area contributed by atoms with Gasteiger partial charge in [-0.1, -0.05) is 23.7 Å². The zero-order chi connectivity index (χ0) is 23.9. The van der Waals surface area contributed by atoms with E-state index in [1.807, 2.05) is 36.4 Å². The number of nitrogens with zero attached hydrogens (tertiary/aromatic N) is 2. The number of aromatic nitrogens is 1. The highest BCUT2D eigenvalue weighted by molar-refractivity contribution is 7.80. The first-order valence-electron chi connectivity index (χ1n) is 9.57. The van der Waals surface area contributed by atoms with E-state index in [9.17, 15) is 9.59 Å². The minimum Gasteiger partial charge on any atom is -0.466 e. The average Bonchev–Trinajstić information content (AvgIpc) is 3.13. The van der Waals surface area contributed by atoms with Gasteiger partial charge in [0.05, 0.1) is 35.9 Å². The average molecular weight is 494 g/mol. The number of thiazole rings is 1. The van der Waals surface area contributed by atoms with Crippen LogP contribution in [0.15, 0.2) is 47.4 Å². The number of nitrogens with two attached hydrogens (primary N) is 1. The van der Waals surface area contributed by atoms with Crippen LogP contribution in [-0.2, 0) is 25.5 Å². The van der Waals surface area contributed by atoms with E-state index < -0.39 is 5.97 Å².